The molecule has 1 amide bonds. The van der Waals surface area contributed by atoms with Crippen molar-refractivity contribution in [1.82, 2.24) is 14.5 Å². The van der Waals surface area contributed by atoms with Crippen LogP contribution in [0.1, 0.15) is 48.7 Å². The van der Waals surface area contributed by atoms with Gasteiger partial charge < -0.3 is 15.1 Å². The van der Waals surface area contributed by atoms with Crippen LogP contribution < -0.4 is 10.0 Å². The molecule has 0 aliphatic carbocycles. The van der Waals surface area contributed by atoms with Gasteiger partial charge in [0.2, 0.25) is 5.91 Å². The Morgan fingerprint density at radius 3 is 2.58 bits per heavy atom. The number of carbonyl (C=O) groups is 1. The van der Waals surface area contributed by atoms with Gasteiger partial charge in [0.15, 0.2) is 18.2 Å². The lowest BCUT2D eigenvalue weighted by Crippen LogP contribution is -2.52. The molecule has 1 N–H and O–H groups in total. The van der Waals surface area contributed by atoms with E-state index in [0.29, 0.717) is 40.3 Å². The number of likely N-dealkylation sites (tertiary alicyclic amines) is 1. The number of hydrogen-bond donors (Lipinski definition) is 1. The Bertz CT molecular complexity index is 1260. The fourth-order valence-corrected chi connectivity index (χ4v) is 5.13. The first-order valence-electron chi connectivity index (χ1n) is 11.8. The van der Waals surface area contributed by atoms with E-state index in [0.717, 1.165) is 6.07 Å². The van der Waals surface area contributed by atoms with Crippen LogP contribution >= 0.6 is 0 Å². The zero-order valence-electron chi connectivity index (χ0n) is 19.5. The maximum atomic E-state index is 14.7. The number of hydrogen-bond acceptors (Lipinski definition) is 4. The van der Waals surface area contributed by atoms with Crippen molar-refractivity contribution in [3.8, 4) is 0 Å². The van der Waals surface area contributed by atoms with Gasteiger partial charge in [0.05, 0.1) is 18.0 Å². The van der Waals surface area contributed by atoms with Crippen LogP contribution in [-0.2, 0) is 11.2 Å². The molecule has 0 radical (unpaired) electrons. The summed E-state index contributed by atoms with van der Waals surface area (Å²) in [6.07, 6.45) is 4.80. The molecule has 0 bridgehead atoms. The van der Waals surface area contributed by atoms with Crippen LogP contribution in [0.25, 0.3) is 0 Å². The number of piperidine rings is 1. The molecule has 4 heterocycles. The third-order valence-corrected chi connectivity index (χ3v) is 7.12. The highest BCUT2D eigenvalue weighted by Gasteiger charge is 2.46. The van der Waals surface area contributed by atoms with Crippen LogP contribution in [0, 0.1) is 16.8 Å². The topological polar surface area (TPSA) is 77.1 Å². The first-order chi connectivity index (χ1) is 17.1. The molecule has 2 aliphatic rings. The zero-order valence-corrected chi connectivity index (χ0v) is 19.5. The van der Waals surface area contributed by atoms with Crippen molar-refractivity contribution in [2.45, 2.75) is 50.1 Å². The highest BCUT2D eigenvalue weighted by molar-refractivity contribution is 5.93. The van der Waals surface area contributed by atoms with E-state index in [4.69, 9.17) is 0 Å². The van der Waals surface area contributed by atoms with Crippen LogP contribution in [0.15, 0.2) is 48.9 Å². The van der Waals surface area contributed by atoms with Gasteiger partial charge in [0.1, 0.15) is 17.5 Å². The molecule has 190 valence electrons. The molecular weight excluding hydrogens is 478 g/mol. The minimum Gasteiger partial charge on any atom is -0.619 e. The molecule has 2 aliphatic heterocycles. The van der Waals surface area contributed by atoms with Crippen molar-refractivity contribution in [3.63, 3.8) is 0 Å². The fraction of sp³-hybridized carbons (Fsp3) is 0.400. The Morgan fingerprint density at radius 2 is 1.89 bits per heavy atom. The third kappa shape index (κ3) is 4.67. The number of pyridine rings is 1. The average Bonchev–Trinajstić information content (AvgIpc) is 3.39. The molecule has 1 aromatic carbocycles. The summed E-state index contributed by atoms with van der Waals surface area (Å²) in [5.74, 6) is -4.84. The average molecular weight is 504 g/mol. The zero-order chi connectivity index (χ0) is 25.6. The number of aryl methyl sites for hydroxylation is 1. The molecular formula is C25H25F4N5O2. The normalized spacial score (nSPS) is 22.2. The van der Waals surface area contributed by atoms with E-state index in [1.54, 1.807) is 22.6 Å². The lowest BCUT2D eigenvalue weighted by Gasteiger charge is -2.40. The van der Waals surface area contributed by atoms with E-state index >= 15 is 0 Å². The van der Waals surface area contributed by atoms with Gasteiger partial charge in [0.25, 0.3) is 5.92 Å². The van der Waals surface area contributed by atoms with Crippen molar-refractivity contribution < 1.29 is 27.1 Å². The highest BCUT2D eigenvalue weighted by Crippen LogP contribution is 2.40. The number of aromatic nitrogens is 3. The summed E-state index contributed by atoms with van der Waals surface area (Å²) in [5, 5.41) is 14.1. The number of alkyl halides is 2. The Hall–Kier alpha value is -3.47. The number of benzene rings is 1. The Balaban J connectivity index is 1.28. The molecule has 0 saturated carbocycles. The summed E-state index contributed by atoms with van der Waals surface area (Å²) in [5.41, 5.74) is 0.827. The van der Waals surface area contributed by atoms with Crippen molar-refractivity contribution >= 4 is 11.7 Å². The largest absolute Gasteiger partial charge is 0.619 e. The number of amides is 1. The van der Waals surface area contributed by atoms with Gasteiger partial charge in [-0.1, -0.05) is 0 Å². The Morgan fingerprint density at radius 1 is 1.19 bits per heavy atom. The number of nitrogens with one attached hydrogen (secondary N) is 1. The summed E-state index contributed by atoms with van der Waals surface area (Å²) >= 11 is 0. The van der Waals surface area contributed by atoms with Gasteiger partial charge in [-0.25, -0.2) is 22.5 Å². The number of fused-ring (bicyclic) bond motifs is 1. The number of rotatable bonds is 5. The van der Waals surface area contributed by atoms with Gasteiger partial charge in [-0.15, -0.1) is 0 Å². The van der Waals surface area contributed by atoms with E-state index in [2.05, 4.69) is 10.3 Å². The summed E-state index contributed by atoms with van der Waals surface area (Å²) in [7, 11) is 0. The first-order valence-corrected chi connectivity index (χ1v) is 11.8. The van der Waals surface area contributed by atoms with Gasteiger partial charge in [-0.3, -0.25) is 9.69 Å². The second kappa shape index (κ2) is 9.20. The molecule has 11 heteroatoms. The molecule has 1 saturated heterocycles. The lowest BCUT2D eigenvalue weighted by atomic mass is 9.87. The van der Waals surface area contributed by atoms with Crippen molar-refractivity contribution in [2.75, 3.05) is 18.4 Å². The van der Waals surface area contributed by atoms with E-state index in [9.17, 15) is 27.6 Å². The van der Waals surface area contributed by atoms with Gasteiger partial charge in [-0.05, 0) is 36.6 Å². The van der Waals surface area contributed by atoms with Gasteiger partial charge in [0, 0.05) is 50.3 Å². The maximum absolute atomic E-state index is 14.7. The predicted molar refractivity (Wildman–Crippen MR) is 122 cm³/mol. The number of imidazole rings is 1. The number of halogens is 4. The monoisotopic (exact) mass is 503 g/mol. The highest BCUT2D eigenvalue weighted by atomic mass is 19.3. The SMILES string of the molecule is C[C@@H](C(=O)Nc1cn2c(n1)CC[C@@H]2c1cc(F)cc(F)c1)N1CCC(F)(F)[C@H](c2cc[n+]([O-])cc2)C1. The number of carbonyl (C=O) groups excluding carboxylic acids is 1. The first kappa shape index (κ1) is 24.2. The quantitative estimate of drug-likeness (QED) is 0.327. The smallest absolute Gasteiger partial charge is 0.257 e. The van der Waals surface area contributed by atoms with Crippen LogP contribution in [0.4, 0.5) is 23.4 Å². The van der Waals surface area contributed by atoms with E-state index in [-0.39, 0.29) is 19.1 Å². The number of nitrogens with zero attached hydrogens (tertiary/aromatic N) is 4. The molecule has 1 fully saturated rings. The third-order valence-electron chi connectivity index (χ3n) is 7.12. The molecule has 7 nitrogen and oxygen atoms in total. The van der Waals surface area contributed by atoms with Crippen LogP contribution in [0.3, 0.4) is 0 Å². The standard InChI is InChI=1S/C25H25F4N5O2/c1-15(32-9-6-25(28,29)20(13-32)16-4-7-33(36)8-5-16)24(35)31-22-14-34-21(2-3-23(34)30-22)17-10-18(26)12-19(27)11-17/h4-5,7-8,10-12,14-15,20-21H,2-3,6,9,13H2,1H3,(H,31,35)/t15-,20-,21+/m0/s1. The molecule has 3 aromatic rings. The van der Waals surface area contributed by atoms with Gasteiger partial charge >= 0.3 is 0 Å². The fourth-order valence-electron chi connectivity index (χ4n) is 5.13. The summed E-state index contributed by atoms with van der Waals surface area (Å²) in [4.78, 5) is 19.1. The molecule has 0 unspecified atom stereocenters. The van der Waals surface area contributed by atoms with Crippen LogP contribution in [-0.4, -0.2) is 45.4 Å². The van der Waals surface area contributed by atoms with Crippen molar-refractivity contribution in [3.05, 3.63) is 82.7 Å². The predicted octanol–water partition coefficient (Wildman–Crippen LogP) is 3.78. The Kier molecular flexibility index (Phi) is 6.19. The second-order valence-corrected chi connectivity index (χ2v) is 9.42. The molecule has 3 atom stereocenters. The van der Waals surface area contributed by atoms with Crippen LogP contribution in [0.2, 0.25) is 0 Å². The van der Waals surface area contributed by atoms with Crippen molar-refractivity contribution in [2.24, 2.45) is 0 Å². The maximum Gasteiger partial charge on any atom is 0.257 e. The minimum atomic E-state index is -2.96. The summed E-state index contributed by atoms with van der Waals surface area (Å²) < 4.78 is 59.1. The summed E-state index contributed by atoms with van der Waals surface area (Å²) in [6, 6.07) is 5.15. The minimum absolute atomic E-state index is 0.0410. The van der Waals surface area contributed by atoms with Crippen molar-refractivity contribution in [1.29, 1.82) is 0 Å². The number of anilines is 1. The van der Waals surface area contributed by atoms with E-state index < -0.39 is 41.8 Å². The molecule has 5 rings (SSSR count). The van der Waals surface area contributed by atoms with Gasteiger partial charge in [-0.2, -0.15) is 4.73 Å². The van der Waals surface area contributed by atoms with Crippen LogP contribution in [0.5, 0.6) is 0 Å². The van der Waals surface area contributed by atoms with E-state index in [1.807, 2.05) is 0 Å². The molecule has 36 heavy (non-hydrogen) atoms. The lowest BCUT2D eigenvalue weighted by molar-refractivity contribution is -0.605. The molecule has 0 spiro atoms. The molecule has 2 aromatic heterocycles. The summed E-state index contributed by atoms with van der Waals surface area (Å²) in [6.45, 7) is 1.64. The second-order valence-electron chi connectivity index (χ2n) is 9.42. The van der Waals surface area contributed by atoms with E-state index in [1.165, 1.54) is 36.7 Å². The Labute approximate surface area is 204 Å².